The first kappa shape index (κ1) is 20.7. The van der Waals surface area contributed by atoms with E-state index in [4.69, 9.17) is 4.52 Å². The fourth-order valence-corrected chi connectivity index (χ4v) is 3.61. The lowest BCUT2D eigenvalue weighted by Gasteiger charge is -2.06. The Hall–Kier alpha value is -4.21. The van der Waals surface area contributed by atoms with Crippen LogP contribution in [0.3, 0.4) is 0 Å². The standard InChI is InChI=1S/C23H16F3N5O2/c1-13-8-16(4-6-27-13)22-18-9-14(2-3-19(18)28-29-22)15-5-7-31(21(32)10-15)12-17-11-20(30-33-17)23(24,25)26/h2-11H,12H2,1H3,(H,28,29). The maximum absolute atomic E-state index is 12.7. The van der Waals surface area contributed by atoms with Crippen molar-refractivity contribution < 1.29 is 17.7 Å². The van der Waals surface area contributed by atoms with Gasteiger partial charge >= 0.3 is 6.18 Å². The highest BCUT2D eigenvalue weighted by molar-refractivity contribution is 5.95. The van der Waals surface area contributed by atoms with Gasteiger partial charge < -0.3 is 9.09 Å². The molecule has 1 aromatic carbocycles. The van der Waals surface area contributed by atoms with Gasteiger partial charge in [0.15, 0.2) is 11.5 Å². The van der Waals surface area contributed by atoms with Crippen LogP contribution in [0.25, 0.3) is 33.3 Å². The van der Waals surface area contributed by atoms with Crippen LogP contribution >= 0.6 is 0 Å². The van der Waals surface area contributed by atoms with E-state index >= 15 is 0 Å². The molecule has 0 fully saturated rings. The first-order chi connectivity index (χ1) is 15.8. The van der Waals surface area contributed by atoms with Gasteiger partial charge in [-0.3, -0.25) is 14.9 Å². The quantitative estimate of drug-likeness (QED) is 0.423. The first-order valence-corrected chi connectivity index (χ1v) is 9.93. The topological polar surface area (TPSA) is 89.6 Å². The molecular weight excluding hydrogens is 435 g/mol. The van der Waals surface area contributed by atoms with Crippen LogP contribution in [0.2, 0.25) is 0 Å². The molecule has 0 radical (unpaired) electrons. The molecule has 0 saturated carbocycles. The smallest absolute Gasteiger partial charge is 0.359 e. The number of aromatic nitrogens is 5. The van der Waals surface area contributed by atoms with Crippen molar-refractivity contribution in [2.75, 3.05) is 0 Å². The van der Waals surface area contributed by atoms with Crippen LogP contribution in [0.1, 0.15) is 17.1 Å². The highest BCUT2D eigenvalue weighted by Crippen LogP contribution is 2.31. The third-order valence-electron chi connectivity index (χ3n) is 5.24. The van der Waals surface area contributed by atoms with Gasteiger partial charge in [0.2, 0.25) is 0 Å². The summed E-state index contributed by atoms with van der Waals surface area (Å²) in [5.74, 6) is -0.0609. The lowest BCUT2D eigenvalue weighted by molar-refractivity contribution is -0.142. The molecule has 166 valence electrons. The largest absolute Gasteiger partial charge is 0.436 e. The number of hydrogen-bond acceptors (Lipinski definition) is 5. The molecule has 4 heterocycles. The van der Waals surface area contributed by atoms with Crippen LogP contribution < -0.4 is 5.56 Å². The number of benzene rings is 1. The molecule has 1 N–H and O–H groups in total. The van der Waals surface area contributed by atoms with Gasteiger partial charge in [0.25, 0.3) is 5.56 Å². The highest BCUT2D eigenvalue weighted by Gasteiger charge is 2.35. The summed E-state index contributed by atoms with van der Waals surface area (Å²) in [6, 6.07) is 13.5. The number of aryl methyl sites for hydroxylation is 1. The van der Waals surface area contributed by atoms with Gasteiger partial charge in [-0.15, -0.1) is 0 Å². The number of halogens is 3. The predicted molar refractivity (Wildman–Crippen MR) is 114 cm³/mol. The Morgan fingerprint density at radius 2 is 1.85 bits per heavy atom. The van der Waals surface area contributed by atoms with E-state index in [0.717, 1.165) is 39.5 Å². The molecule has 0 aliphatic carbocycles. The molecule has 0 aliphatic heterocycles. The fraction of sp³-hybridized carbons (Fsp3) is 0.130. The molecule has 0 atom stereocenters. The van der Waals surface area contributed by atoms with E-state index in [1.54, 1.807) is 12.3 Å². The second-order valence-corrected chi connectivity index (χ2v) is 7.58. The maximum Gasteiger partial charge on any atom is 0.436 e. The van der Waals surface area contributed by atoms with Gasteiger partial charge in [0, 0.05) is 41.2 Å². The number of hydrogen-bond donors (Lipinski definition) is 1. The van der Waals surface area contributed by atoms with Crippen molar-refractivity contribution >= 4 is 10.9 Å². The Kier molecular flexibility index (Phi) is 4.85. The predicted octanol–water partition coefficient (Wildman–Crippen LogP) is 4.82. The maximum atomic E-state index is 12.7. The third-order valence-corrected chi connectivity index (χ3v) is 5.24. The molecule has 0 spiro atoms. The average molecular weight is 451 g/mol. The Labute approximate surface area is 184 Å². The zero-order valence-corrected chi connectivity index (χ0v) is 17.2. The van der Waals surface area contributed by atoms with Crippen LogP contribution in [0.5, 0.6) is 0 Å². The molecule has 0 amide bonds. The minimum atomic E-state index is -4.60. The van der Waals surface area contributed by atoms with E-state index in [-0.39, 0.29) is 17.9 Å². The number of alkyl halides is 3. The lowest BCUT2D eigenvalue weighted by Crippen LogP contribution is -2.18. The molecule has 0 bridgehead atoms. The van der Waals surface area contributed by atoms with E-state index in [9.17, 15) is 18.0 Å². The molecule has 4 aromatic heterocycles. The summed E-state index contributed by atoms with van der Waals surface area (Å²) in [5, 5.41) is 11.3. The molecule has 0 aliphatic rings. The van der Waals surface area contributed by atoms with Crippen molar-refractivity contribution in [2.45, 2.75) is 19.6 Å². The molecule has 10 heteroatoms. The number of H-pyrrole nitrogens is 1. The summed E-state index contributed by atoms with van der Waals surface area (Å²) in [5.41, 5.74) is 3.39. The summed E-state index contributed by atoms with van der Waals surface area (Å²) in [4.78, 5) is 16.8. The second-order valence-electron chi connectivity index (χ2n) is 7.58. The number of fused-ring (bicyclic) bond motifs is 1. The highest BCUT2D eigenvalue weighted by atomic mass is 19.4. The van der Waals surface area contributed by atoms with Crippen LogP contribution in [0.4, 0.5) is 13.2 Å². The van der Waals surface area contributed by atoms with Gasteiger partial charge in [0.05, 0.1) is 12.1 Å². The van der Waals surface area contributed by atoms with Crippen molar-refractivity contribution in [1.82, 2.24) is 24.9 Å². The molecule has 5 rings (SSSR count). The van der Waals surface area contributed by atoms with E-state index in [1.807, 2.05) is 37.3 Å². The normalized spacial score (nSPS) is 11.9. The first-order valence-electron chi connectivity index (χ1n) is 9.93. The van der Waals surface area contributed by atoms with E-state index < -0.39 is 11.9 Å². The summed E-state index contributed by atoms with van der Waals surface area (Å²) < 4.78 is 44.1. The molecule has 5 aromatic rings. The van der Waals surface area contributed by atoms with Crippen molar-refractivity contribution in [3.05, 3.63) is 88.4 Å². The van der Waals surface area contributed by atoms with Gasteiger partial charge in [-0.2, -0.15) is 18.3 Å². The number of nitrogens with one attached hydrogen (secondary N) is 1. The van der Waals surface area contributed by atoms with E-state index in [2.05, 4.69) is 20.3 Å². The Bertz CT molecular complexity index is 1530. The van der Waals surface area contributed by atoms with Gasteiger partial charge in [-0.05, 0) is 48.4 Å². The minimum absolute atomic E-state index is 0.0609. The van der Waals surface area contributed by atoms with Crippen molar-refractivity contribution in [1.29, 1.82) is 0 Å². The Morgan fingerprint density at radius 3 is 2.58 bits per heavy atom. The van der Waals surface area contributed by atoms with Crippen molar-refractivity contribution in [3.63, 3.8) is 0 Å². The SMILES string of the molecule is Cc1cc(-c2n[nH]c3ccc(-c4ccn(Cc5cc(C(F)(F)F)no5)c(=O)c4)cc23)ccn1. The number of pyridine rings is 2. The zero-order valence-electron chi connectivity index (χ0n) is 17.2. The summed E-state index contributed by atoms with van der Waals surface area (Å²) >= 11 is 0. The van der Waals surface area contributed by atoms with Crippen LogP contribution in [-0.4, -0.2) is 24.9 Å². The van der Waals surface area contributed by atoms with Crippen molar-refractivity contribution in [3.8, 4) is 22.4 Å². The Balaban J connectivity index is 1.47. The summed E-state index contributed by atoms with van der Waals surface area (Å²) in [7, 11) is 0. The second kappa shape index (κ2) is 7.73. The van der Waals surface area contributed by atoms with Gasteiger partial charge in [-0.1, -0.05) is 11.2 Å². The van der Waals surface area contributed by atoms with Gasteiger partial charge in [-0.25, -0.2) is 0 Å². The molecular formula is C23H16F3N5O2. The Morgan fingerprint density at radius 1 is 1.03 bits per heavy atom. The van der Waals surface area contributed by atoms with E-state index in [0.29, 0.717) is 5.56 Å². The van der Waals surface area contributed by atoms with Crippen LogP contribution in [0, 0.1) is 6.92 Å². The van der Waals surface area contributed by atoms with E-state index in [1.165, 1.54) is 16.8 Å². The summed E-state index contributed by atoms with van der Waals surface area (Å²) in [6.07, 6.45) is -1.36. The summed E-state index contributed by atoms with van der Waals surface area (Å²) in [6.45, 7) is 1.75. The number of aromatic amines is 1. The number of nitrogens with zero attached hydrogens (tertiary/aromatic N) is 4. The van der Waals surface area contributed by atoms with Crippen LogP contribution in [0.15, 0.2) is 70.2 Å². The van der Waals surface area contributed by atoms with Crippen LogP contribution in [-0.2, 0) is 12.7 Å². The molecule has 33 heavy (non-hydrogen) atoms. The average Bonchev–Trinajstić information content (AvgIpc) is 3.42. The zero-order chi connectivity index (χ0) is 23.2. The molecule has 0 unspecified atom stereocenters. The minimum Gasteiger partial charge on any atom is -0.359 e. The number of rotatable bonds is 4. The molecule has 0 saturated heterocycles. The third kappa shape index (κ3) is 4.02. The fourth-order valence-electron chi connectivity index (χ4n) is 3.61. The molecule has 7 nitrogen and oxygen atoms in total. The lowest BCUT2D eigenvalue weighted by atomic mass is 10.0. The monoisotopic (exact) mass is 451 g/mol. The van der Waals surface area contributed by atoms with Gasteiger partial charge in [0.1, 0.15) is 5.69 Å². The van der Waals surface area contributed by atoms with Crippen molar-refractivity contribution in [2.24, 2.45) is 0 Å².